The zero-order valence-corrected chi connectivity index (χ0v) is 13.9. The molecule has 0 radical (unpaired) electrons. The smallest absolute Gasteiger partial charge is 0.270 e. The Morgan fingerprint density at radius 1 is 1.24 bits per heavy atom. The van der Waals surface area contributed by atoms with E-state index < -0.39 is 0 Å². The Morgan fingerprint density at radius 2 is 2.08 bits per heavy atom. The van der Waals surface area contributed by atoms with Gasteiger partial charge in [0.1, 0.15) is 22.9 Å². The van der Waals surface area contributed by atoms with Crippen molar-refractivity contribution in [1.29, 1.82) is 0 Å². The van der Waals surface area contributed by atoms with Crippen molar-refractivity contribution in [1.82, 2.24) is 15.3 Å². The van der Waals surface area contributed by atoms with Crippen LogP contribution >= 0.6 is 0 Å². The molecular formula is C18H18N4O3. The monoisotopic (exact) mass is 338 g/mol. The third-order valence-corrected chi connectivity index (χ3v) is 3.56. The van der Waals surface area contributed by atoms with E-state index >= 15 is 0 Å². The first-order valence-corrected chi connectivity index (χ1v) is 7.67. The van der Waals surface area contributed by atoms with Gasteiger partial charge in [0.15, 0.2) is 5.76 Å². The summed E-state index contributed by atoms with van der Waals surface area (Å²) in [5, 5.41) is 2.81. The summed E-state index contributed by atoms with van der Waals surface area (Å²) in [5.41, 5.74) is 7.28. The molecule has 0 spiro atoms. The van der Waals surface area contributed by atoms with Crippen LogP contribution in [0.2, 0.25) is 0 Å². The molecule has 0 aliphatic heterocycles. The van der Waals surface area contributed by atoms with E-state index in [1.54, 1.807) is 19.2 Å². The topological polar surface area (TPSA) is 103 Å². The Labute approximate surface area is 144 Å². The molecule has 128 valence electrons. The third kappa shape index (κ3) is 3.95. The Kier molecular flexibility index (Phi) is 4.65. The van der Waals surface area contributed by atoms with Gasteiger partial charge >= 0.3 is 0 Å². The summed E-state index contributed by atoms with van der Waals surface area (Å²) in [5.74, 6) is 1.68. The number of ether oxygens (including phenoxy) is 1. The zero-order valence-electron chi connectivity index (χ0n) is 13.9. The lowest BCUT2D eigenvalue weighted by molar-refractivity contribution is 0.0946. The van der Waals surface area contributed by atoms with Gasteiger partial charge < -0.3 is 20.2 Å². The summed E-state index contributed by atoms with van der Waals surface area (Å²) in [4.78, 5) is 20.5. The highest BCUT2D eigenvalue weighted by Crippen LogP contribution is 2.21. The first-order chi connectivity index (χ1) is 12.0. The quantitative estimate of drug-likeness (QED) is 0.741. The van der Waals surface area contributed by atoms with Gasteiger partial charge in [-0.3, -0.25) is 4.79 Å². The maximum Gasteiger partial charge on any atom is 0.270 e. The van der Waals surface area contributed by atoms with Crippen molar-refractivity contribution in [3.8, 4) is 17.2 Å². The van der Waals surface area contributed by atoms with Crippen LogP contribution in [0.1, 0.15) is 21.8 Å². The summed E-state index contributed by atoms with van der Waals surface area (Å²) in [6.45, 7) is 2.17. The van der Waals surface area contributed by atoms with Gasteiger partial charge in [0.2, 0.25) is 5.95 Å². The number of carbonyl (C=O) groups excluding carboxylic acids is 1. The molecule has 2 heterocycles. The van der Waals surface area contributed by atoms with Crippen LogP contribution in [0, 0.1) is 6.92 Å². The number of carbonyl (C=O) groups is 1. The third-order valence-electron chi connectivity index (χ3n) is 3.56. The van der Waals surface area contributed by atoms with Gasteiger partial charge in [-0.15, -0.1) is 0 Å². The van der Waals surface area contributed by atoms with Crippen LogP contribution in [0.5, 0.6) is 5.75 Å². The number of hydrogen-bond acceptors (Lipinski definition) is 6. The van der Waals surface area contributed by atoms with E-state index in [4.69, 9.17) is 14.9 Å². The number of aryl methyl sites for hydroxylation is 1. The van der Waals surface area contributed by atoms with Crippen LogP contribution in [-0.2, 0) is 6.54 Å². The first kappa shape index (κ1) is 16.5. The summed E-state index contributed by atoms with van der Waals surface area (Å²) >= 11 is 0. The van der Waals surface area contributed by atoms with E-state index in [2.05, 4.69) is 15.3 Å². The number of rotatable bonds is 5. The highest BCUT2D eigenvalue weighted by Gasteiger charge is 2.13. The number of hydrogen-bond donors (Lipinski definition) is 2. The fourth-order valence-electron chi connectivity index (χ4n) is 2.34. The van der Waals surface area contributed by atoms with Gasteiger partial charge in [-0.2, -0.15) is 0 Å². The second kappa shape index (κ2) is 7.04. The fraction of sp³-hybridized carbons (Fsp3) is 0.167. The molecule has 0 aliphatic carbocycles. The Balaban J connectivity index is 1.76. The SMILES string of the molecule is COc1cccc(CNC(=O)c2cc(-c3ccc(C)o3)nc(N)n2)c1. The van der Waals surface area contributed by atoms with Crippen molar-refractivity contribution in [3.63, 3.8) is 0 Å². The number of benzene rings is 1. The molecule has 0 fully saturated rings. The van der Waals surface area contributed by atoms with Crippen LogP contribution in [0.3, 0.4) is 0 Å². The molecule has 3 aromatic rings. The number of aromatic nitrogens is 2. The van der Waals surface area contributed by atoms with Gasteiger partial charge in [0, 0.05) is 6.54 Å². The molecule has 25 heavy (non-hydrogen) atoms. The lowest BCUT2D eigenvalue weighted by Gasteiger charge is -2.08. The molecule has 0 bridgehead atoms. The van der Waals surface area contributed by atoms with Crippen molar-refractivity contribution in [3.05, 3.63) is 59.5 Å². The van der Waals surface area contributed by atoms with Crippen LogP contribution in [0.25, 0.3) is 11.5 Å². The van der Waals surface area contributed by atoms with Crippen LogP contribution in [0.15, 0.2) is 46.9 Å². The number of nitrogens with one attached hydrogen (secondary N) is 1. The van der Waals surface area contributed by atoms with E-state index in [9.17, 15) is 4.79 Å². The minimum absolute atomic E-state index is 0.0121. The summed E-state index contributed by atoms with van der Waals surface area (Å²) in [6, 6.07) is 12.6. The van der Waals surface area contributed by atoms with E-state index in [-0.39, 0.29) is 17.5 Å². The molecule has 0 unspecified atom stereocenters. The number of nitrogens with two attached hydrogens (primary N) is 1. The van der Waals surface area contributed by atoms with Crippen molar-refractivity contribution >= 4 is 11.9 Å². The molecule has 0 atom stereocenters. The predicted octanol–water partition coefficient (Wildman–Crippen LogP) is 2.57. The van der Waals surface area contributed by atoms with Gasteiger partial charge in [0.05, 0.1) is 7.11 Å². The van der Waals surface area contributed by atoms with Crippen molar-refractivity contribution in [2.24, 2.45) is 0 Å². The summed E-state index contributed by atoms with van der Waals surface area (Å²) in [6.07, 6.45) is 0. The van der Waals surface area contributed by atoms with E-state index in [0.717, 1.165) is 17.1 Å². The molecule has 1 amide bonds. The number of nitrogens with zero attached hydrogens (tertiary/aromatic N) is 2. The van der Waals surface area contributed by atoms with E-state index in [0.29, 0.717) is 18.0 Å². The fourth-order valence-corrected chi connectivity index (χ4v) is 2.34. The number of methoxy groups -OCH3 is 1. The number of anilines is 1. The Morgan fingerprint density at radius 3 is 2.80 bits per heavy atom. The molecule has 7 nitrogen and oxygen atoms in total. The van der Waals surface area contributed by atoms with Gasteiger partial charge in [0.25, 0.3) is 5.91 Å². The highest BCUT2D eigenvalue weighted by molar-refractivity contribution is 5.93. The maximum atomic E-state index is 12.4. The lowest BCUT2D eigenvalue weighted by Crippen LogP contribution is -2.24. The number of nitrogen functional groups attached to an aromatic ring is 1. The van der Waals surface area contributed by atoms with Crippen LogP contribution in [0.4, 0.5) is 5.95 Å². The highest BCUT2D eigenvalue weighted by atomic mass is 16.5. The normalized spacial score (nSPS) is 10.5. The van der Waals surface area contributed by atoms with Crippen molar-refractivity contribution in [2.45, 2.75) is 13.5 Å². The minimum Gasteiger partial charge on any atom is -0.497 e. The molecule has 0 saturated carbocycles. The lowest BCUT2D eigenvalue weighted by atomic mass is 10.2. The first-order valence-electron chi connectivity index (χ1n) is 7.67. The van der Waals surface area contributed by atoms with Crippen molar-refractivity contribution in [2.75, 3.05) is 12.8 Å². The molecule has 3 N–H and O–H groups in total. The standard InChI is InChI=1S/C18H18N4O3/c1-11-6-7-16(25-11)14-9-15(22-18(19)21-14)17(23)20-10-12-4-3-5-13(8-12)24-2/h3-9H,10H2,1-2H3,(H,20,23)(H2,19,21,22). The van der Waals surface area contributed by atoms with Crippen LogP contribution in [-0.4, -0.2) is 23.0 Å². The second-order valence-corrected chi connectivity index (χ2v) is 5.44. The van der Waals surface area contributed by atoms with Gasteiger partial charge in [-0.1, -0.05) is 12.1 Å². The molecule has 3 rings (SSSR count). The molecule has 0 aliphatic rings. The number of amides is 1. The minimum atomic E-state index is -0.346. The predicted molar refractivity (Wildman–Crippen MR) is 93.0 cm³/mol. The average molecular weight is 338 g/mol. The van der Waals surface area contributed by atoms with Gasteiger partial charge in [-0.05, 0) is 42.8 Å². The largest absolute Gasteiger partial charge is 0.497 e. The zero-order chi connectivity index (χ0) is 17.8. The molecule has 0 saturated heterocycles. The molecule has 7 heteroatoms. The molecular weight excluding hydrogens is 320 g/mol. The van der Waals surface area contributed by atoms with E-state index in [1.165, 1.54) is 0 Å². The Bertz CT molecular complexity index is 905. The average Bonchev–Trinajstić information content (AvgIpc) is 3.06. The Hall–Kier alpha value is -3.35. The maximum absolute atomic E-state index is 12.4. The van der Waals surface area contributed by atoms with Crippen molar-refractivity contribution < 1.29 is 13.9 Å². The van der Waals surface area contributed by atoms with E-state index in [1.807, 2.05) is 37.3 Å². The van der Waals surface area contributed by atoms with Gasteiger partial charge in [-0.25, -0.2) is 9.97 Å². The van der Waals surface area contributed by atoms with Crippen LogP contribution < -0.4 is 15.8 Å². The molecule has 1 aromatic carbocycles. The molecule has 2 aromatic heterocycles. The summed E-state index contributed by atoms with van der Waals surface area (Å²) < 4.78 is 10.7. The second-order valence-electron chi connectivity index (χ2n) is 5.44. The summed E-state index contributed by atoms with van der Waals surface area (Å²) in [7, 11) is 1.60. The number of furan rings is 1.